The van der Waals surface area contributed by atoms with Crippen LogP contribution in [0, 0.1) is 11.6 Å². The Morgan fingerprint density at radius 1 is 0.943 bits per heavy atom. The van der Waals surface area contributed by atoms with E-state index in [9.17, 15) is 8.78 Å². The van der Waals surface area contributed by atoms with Crippen LogP contribution in [0.25, 0.3) is 27.8 Å². The molecule has 0 N–H and O–H groups in total. The van der Waals surface area contributed by atoms with Gasteiger partial charge in [0.2, 0.25) is 0 Å². The molecule has 0 fully saturated rings. The van der Waals surface area contributed by atoms with Gasteiger partial charge in [0, 0.05) is 24.1 Å². The molecule has 0 aliphatic rings. The van der Waals surface area contributed by atoms with Crippen LogP contribution in [0.4, 0.5) is 13.2 Å². The fourth-order valence-electron chi connectivity index (χ4n) is 3.79. The summed E-state index contributed by atoms with van der Waals surface area (Å²) < 4.78 is 55.6. The van der Waals surface area contributed by atoms with E-state index in [0.29, 0.717) is 41.1 Å². The van der Waals surface area contributed by atoms with Crippen LogP contribution in [0.15, 0.2) is 60.8 Å². The minimum Gasteiger partial charge on any atom is -0.490 e. The van der Waals surface area contributed by atoms with E-state index in [2.05, 4.69) is 20.3 Å². The summed E-state index contributed by atoms with van der Waals surface area (Å²) >= 11 is 0. The van der Waals surface area contributed by atoms with Crippen molar-refractivity contribution < 1.29 is 22.6 Å². The van der Waals surface area contributed by atoms with Crippen molar-refractivity contribution in [3.8, 4) is 17.0 Å². The predicted molar refractivity (Wildman–Crippen MR) is 123 cm³/mol. The predicted octanol–water partition coefficient (Wildman–Crippen LogP) is 4.88. The number of alkyl halides is 1. The highest BCUT2D eigenvalue weighted by Crippen LogP contribution is 2.34. The second-order valence-corrected chi connectivity index (χ2v) is 8.09. The first-order valence-corrected chi connectivity index (χ1v) is 10.8. The summed E-state index contributed by atoms with van der Waals surface area (Å²) in [5.41, 5.74) is -0.377. The molecule has 0 amide bonds. The Morgan fingerprint density at radius 2 is 1.74 bits per heavy atom. The molecule has 178 valence electrons. The molecule has 10 heteroatoms. The van der Waals surface area contributed by atoms with Gasteiger partial charge in [-0.05, 0) is 55.0 Å². The molecule has 3 aromatic heterocycles. The van der Waals surface area contributed by atoms with Crippen LogP contribution in [0.1, 0.15) is 18.3 Å². The van der Waals surface area contributed by atoms with Crippen LogP contribution in [-0.2, 0) is 10.4 Å². The molecule has 0 saturated carbocycles. The summed E-state index contributed by atoms with van der Waals surface area (Å²) in [6.45, 7) is 2.14. The average Bonchev–Trinajstić information content (AvgIpc) is 3.27. The van der Waals surface area contributed by atoms with Crippen molar-refractivity contribution in [2.45, 2.75) is 12.6 Å². The molecule has 0 spiro atoms. The summed E-state index contributed by atoms with van der Waals surface area (Å²) in [5.74, 6) is -1.02. The van der Waals surface area contributed by atoms with Gasteiger partial charge < -0.3 is 9.47 Å². The monoisotopic (exact) mass is 479 g/mol. The largest absolute Gasteiger partial charge is 0.490 e. The third-order valence-electron chi connectivity index (χ3n) is 5.60. The number of halogens is 3. The van der Waals surface area contributed by atoms with Crippen molar-refractivity contribution >= 4 is 16.6 Å². The third kappa shape index (κ3) is 4.40. The number of ether oxygens (including phenoxy) is 2. The highest BCUT2D eigenvalue weighted by Gasteiger charge is 2.35. The number of hydrogen-bond donors (Lipinski definition) is 0. The molecule has 0 aliphatic carbocycles. The van der Waals surface area contributed by atoms with Gasteiger partial charge >= 0.3 is 0 Å². The highest BCUT2D eigenvalue weighted by molar-refractivity contribution is 5.80. The number of nitrogens with zero attached hydrogens (tertiary/aromatic N) is 5. The Hall–Kier alpha value is -4.05. The fourth-order valence-corrected chi connectivity index (χ4v) is 3.79. The van der Waals surface area contributed by atoms with Crippen LogP contribution in [-0.4, -0.2) is 45.1 Å². The summed E-state index contributed by atoms with van der Waals surface area (Å²) in [7, 11) is 1.58. The van der Waals surface area contributed by atoms with Crippen LogP contribution >= 0.6 is 0 Å². The van der Waals surface area contributed by atoms with E-state index >= 15 is 4.39 Å². The normalized spacial score (nSPS) is 13.3. The number of fused-ring (bicyclic) bond motifs is 2. The Balaban J connectivity index is 1.55. The Labute approximate surface area is 198 Å². The topological polar surface area (TPSA) is 74.4 Å². The Bertz CT molecular complexity index is 1520. The molecule has 3 heterocycles. The lowest BCUT2D eigenvalue weighted by molar-refractivity contribution is 0.146. The van der Waals surface area contributed by atoms with Gasteiger partial charge in [0.1, 0.15) is 24.0 Å². The first-order chi connectivity index (χ1) is 16.8. The molecule has 35 heavy (non-hydrogen) atoms. The second kappa shape index (κ2) is 8.95. The molecule has 0 saturated heterocycles. The zero-order valence-corrected chi connectivity index (χ0v) is 18.9. The SMILES string of the molecule is COCCOc1cnc2ccc(C(C)(F)c3nnc4ccc(-c5cc(F)cc(F)c5)nn34)cc2c1. The van der Waals surface area contributed by atoms with Crippen molar-refractivity contribution in [3.63, 3.8) is 0 Å². The number of benzene rings is 2. The average molecular weight is 479 g/mol. The molecule has 5 aromatic rings. The maximum atomic E-state index is 16.3. The molecule has 5 rings (SSSR count). The van der Waals surface area contributed by atoms with E-state index < -0.39 is 17.3 Å². The number of rotatable bonds is 7. The van der Waals surface area contributed by atoms with Crippen LogP contribution in [0.2, 0.25) is 0 Å². The smallest absolute Gasteiger partial charge is 0.196 e. The molecule has 0 aliphatic heterocycles. The van der Waals surface area contributed by atoms with E-state index in [1.54, 1.807) is 49.7 Å². The molecule has 1 unspecified atom stereocenters. The van der Waals surface area contributed by atoms with Crippen molar-refractivity contribution in [1.29, 1.82) is 0 Å². The number of aromatic nitrogens is 5. The van der Waals surface area contributed by atoms with E-state index in [1.165, 1.54) is 11.4 Å². The summed E-state index contributed by atoms with van der Waals surface area (Å²) in [5, 5.41) is 13.1. The lowest BCUT2D eigenvalue weighted by atomic mass is 9.95. The standard InChI is InChI=1S/C25H20F3N5O2/c1-25(28,17-3-4-21-15(9-17)12-20(14-29-21)35-8-7-34-2)24-31-30-23-6-5-22(32-33(23)24)16-10-18(26)13-19(27)11-16/h3-6,9-14H,7-8H2,1-2H3. The summed E-state index contributed by atoms with van der Waals surface area (Å²) in [6.07, 6.45) is 1.60. The number of methoxy groups -OCH3 is 1. The molecule has 1 atom stereocenters. The quantitative estimate of drug-likeness (QED) is 0.310. The van der Waals surface area contributed by atoms with Crippen LogP contribution in [0.5, 0.6) is 5.75 Å². The Kier molecular flexibility index (Phi) is 5.81. The zero-order valence-electron chi connectivity index (χ0n) is 18.9. The summed E-state index contributed by atoms with van der Waals surface area (Å²) in [6, 6.07) is 12.9. The molecule has 2 aromatic carbocycles. The number of pyridine rings is 1. The minimum atomic E-state index is -2.10. The first kappa shape index (κ1) is 22.7. The van der Waals surface area contributed by atoms with Gasteiger partial charge in [-0.25, -0.2) is 13.2 Å². The molecule has 0 bridgehead atoms. The molecule has 0 radical (unpaired) electrons. The van der Waals surface area contributed by atoms with E-state index in [4.69, 9.17) is 9.47 Å². The van der Waals surface area contributed by atoms with Gasteiger partial charge in [-0.3, -0.25) is 4.98 Å². The maximum Gasteiger partial charge on any atom is 0.196 e. The maximum absolute atomic E-state index is 16.3. The fraction of sp³-hybridized carbons (Fsp3) is 0.200. The van der Waals surface area contributed by atoms with Gasteiger partial charge in [-0.2, -0.15) is 9.61 Å². The van der Waals surface area contributed by atoms with Crippen LogP contribution < -0.4 is 4.74 Å². The lowest BCUT2D eigenvalue weighted by Crippen LogP contribution is -2.22. The van der Waals surface area contributed by atoms with E-state index in [1.807, 2.05) is 0 Å². The minimum absolute atomic E-state index is 0.0777. The zero-order chi connectivity index (χ0) is 24.6. The van der Waals surface area contributed by atoms with Crippen LogP contribution in [0.3, 0.4) is 0 Å². The van der Waals surface area contributed by atoms with Gasteiger partial charge in [0.25, 0.3) is 0 Å². The third-order valence-corrected chi connectivity index (χ3v) is 5.60. The van der Waals surface area contributed by atoms with Crippen molar-refractivity contribution in [2.24, 2.45) is 0 Å². The lowest BCUT2D eigenvalue weighted by Gasteiger charge is -2.19. The van der Waals surface area contributed by atoms with E-state index in [0.717, 1.165) is 18.2 Å². The van der Waals surface area contributed by atoms with Gasteiger partial charge in [-0.1, -0.05) is 6.07 Å². The van der Waals surface area contributed by atoms with Gasteiger partial charge in [0.15, 0.2) is 17.1 Å². The van der Waals surface area contributed by atoms with Gasteiger partial charge in [-0.15, -0.1) is 10.2 Å². The Morgan fingerprint density at radius 3 is 2.51 bits per heavy atom. The molecule has 7 nitrogen and oxygen atoms in total. The highest BCUT2D eigenvalue weighted by atomic mass is 19.1. The number of hydrogen-bond acceptors (Lipinski definition) is 6. The summed E-state index contributed by atoms with van der Waals surface area (Å²) in [4.78, 5) is 4.36. The van der Waals surface area contributed by atoms with Crippen molar-refractivity contribution in [2.75, 3.05) is 20.3 Å². The molecular formula is C25H20F3N5O2. The van der Waals surface area contributed by atoms with Crippen molar-refractivity contribution in [1.82, 2.24) is 24.8 Å². The first-order valence-electron chi connectivity index (χ1n) is 10.8. The van der Waals surface area contributed by atoms with Gasteiger partial charge in [0.05, 0.1) is 24.0 Å². The van der Waals surface area contributed by atoms with Crippen molar-refractivity contribution in [3.05, 3.63) is 83.8 Å². The van der Waals surface area contributed by atoms with E-state index in [-0.39, 0.29) is 17.1 Å². The molecular weight excluding hydrogens is 459 g/mol. The second-order valence-electron chi connectivity index (χ2n) is 8.09.